The Hall–Kier alpha value is -1.55. The van der Waals surface area contributed by atoms with E-state index in [1.54, 1.807) is 0 Å². The molecule has 0 fully saturated rings. The first-order valence-corrected chi connectivity index (χ1v) is 6.65. The second-order valence-electron chi connectivity index (χ2n) is 3.81. The number of pyridine rings is 1. The molecule has 1 aromatic heterocycles. The maximum absolute atomic E-state index is 5.66. The van der Waals surface area contributed by atoms with Crippen LogP contribution in [0.5, 0.6) is 5.88 Å². The van der Waals surface area contributed by atoms with E-state index in [9.17, 15) is 0 Å². The van der Waals surface area contributed by atoms with Crippen LogP contribution in [0.4, 0.5) is 5.82 Å². The minimum atomic E-state index is 0.516. The molecule has 1 N–H and O–H groups in total. The SMILES string of the molecule is CCNc1cccc(OCc2cccc(Br)c2)n1. The predicted octanol–water partition coefficient (Wildman–Crippen LogP) is 3.85. The van der Waals surface area contributed by atoms with E-state index in [0.29, 0.717) is 12.5 Å². The van der Waals surface area contributed by atoms with Crippen molar-refractivity contribution in [3.05, 3.63) is 52.5 Å². The van der Waals surface area contributed by atoms with Crippen molar-refractivity contribution in [1.82, 2.24) is 4.98 Å². The van der Waals surface area contributed by atoms with Gasteiger partial charge in [-0.15, -0.1) is 0 Å². The summed E-state index contributed by atoms with van der Waals surface area (Å²) in [4.78, 5) is 4.35. The van der Waals surface area contributed by atoms with Crippen molar-refractivity contribution in [3.8, 4) is 5.88 Å². The third kappa shape index (κ3) is 3.74. The molecule has 2 rings (SSSR count). The summed E-state index contributed by atoms with van der Waals surface area (Å²) in [7, 11) is 0. The summed E-state index contributed by atoms with van der Waals surface area (Å²) < 4.78 is 6.72. The van der Waals surface area contributed by atoms with Gasteiger partial charge in [-0.3, -0.25) is 0 Å². The van der Waals surface area contributed by atoms with E-state index in [1.165, 1.54) is 0 Å². The van der Waals surface area contributed by atoms with E-state index in [0.717, 1.165) is 22.4 Å². The highest BCUT2D eigenvalue weighted by atomic mass is 79.9. The summed E-state index contributed by atoms with van der Waals surface area (Å²) in [5, 5.41) is 3.16. The summed E-state index contributed by atoms with van der Waals surface area (Å²) in [6.07, 6.45) is 0. The van der Waals surface area contributed by atoms with Crippen LogP contribution in [0, 0.1) is 0 Å². The van der Waals surface area contributed by atoms with Crippen LogP contribution in [0.15, 0.2) is 46.9 Å². The Balaban J connectivity index is 1.99. The van der Waals surface area contributed by atoms with E-state index >= 15 is 0 Å². The zero-order valence-corrected chi connectivity index (χ0v) is 11.8. The Morgan fingerprint density at radius 1 is 1.22 bits per heavy atom. The first-order valence-electron chi connectivity index (χ1n) is 5.86. The molecule has 1 aromatic carbocycles. The summed E-state index contributed by atoms with van der Waals surface area (Å²) in [6, 6.07) is 13.8. The Bertz CT molecular complexity index is 517. The van der Waals surface area contributed by atoms with Crippen molar-refractivity contribution < 1.29 is 4.74 Å². The minimum Gasteiger partial charge on any atom is -0.473 e. The number of hydrogen-bond donors (Lipinski definition) is 1. The van der Waals surface area contributed by atoms with Gasteiger partial charge in [0.15, 0.2) is 0 Å². The average Bonchev–Trinajstić information content (AvgIpc) is 2.37. The van der Waals surface area contributed by atoms with Crippen LogP contribution in [0.2, 0.25) is 0 Å². The van der Waals surface area contributed by atoms with Gasteiger partial charge in [-0.1, -0.05) is 34.1 Å². The summed E-state index contributed by atoms with van der Waals surface area (Å²) in [5.74, 6) is 1.47. The topological polar surface area (TPSA) is 34.1 Å². The van der Waals surface area contributed by atoms with Crippen molar-refractivity contribution in [3.63, 3.8) is 0 Å². The number of nitrogens with one attached hydrogen (secondary N) is 1. The van der Waals surface area contributed by atoms with Gasteiger partial charge in [-0.25, -0.2) is 0 Å². The first kappa shape index (κ1) is 12.9. The molecule has 0 aliphatic carbocycles. The Labute approximate surface area is 115 Å². The fraction of sp³-hybridized carbons (Fsp3) is 0.214. The van der Waals surface area contributed by atoms with Gasteiger partial charge in [0.2, 0.25) is 5.88 Å². The number of aromatic nitrogens is 1. The van der Waals surface area contributed by atoms with Gasteiger partial charge in [-0.2, -0.15) is 4.98 Å². The number of hydrogen-bond acceptors (Lipinski definition) is 3. The molecular weight excluding hydrogens is 292 g/mol. The molecule has 0 aliphatic heterocycles. The number of ether oxygens (including phenoxy) is 1. The highest BCUT2D eigenvalue weighted by molar-refractivity contribution is 9.10. The largest absolute Gasteiger partial charge is 0.473 e. The number of nitrogens with zero attached hydrogens (tertiary/aromatic N) is 1. The molecule has 0 spiro atoms. The number of benzene rings is 1. The normalized spacial score (nSPS) is 10.1. The van der Waals surface area contributed by atoms with E-state index < -0.39 is 0 Å². The molecule has 0 saturated carbocycles. The molecular formula is C14H15BrN2O. The molecule has 0 bridgehead atoms. The number of anilines is 1. The Morgan fingerprint density at radius 2 is 2.06 bits per heavy atom. The lowest BCUT2D eigenvalue weighted by atomic mass is 10.2. The molecule has 4 heteroatoms. The zero-order chi connectivity index (χ0) is 12.8. The Morgan fingerprint density at radius 3 is 2.83 bits per heavy atom. The van der Waals surface area contributed by atoms with Gasteiger partial charge in [-0.05, 0) is 30.7 Å². The lowest BCUT2D eigenvalue weighted by Gasteiger charge is -2.08. The highest BCUT2D eigenvalue weighted by Gasteiger charge is 1.99. The van der Waals surface area contributed by atoms with E-state index in [2.05, 4.69) is 26.2 Å². The van der Waals surface area contributed by atoms with Crippen molar-refractivity contribution in [1.29, 1.82) is 0 Å². The highest BCUT2D eigenvalue weighted by Crippen LogP contribution is 2.15. The molecule has 0 radical (unpaired) electrons. The fourth-order valence-electron chi connectivity index (χ4n) is 1.56. The molecule has 0 atom stereocenters. The van der Waals surface area contributed by atoms with Crippen LogP contribution in [0.1, 0.15) is 12.5 Å². The molecule has 3 nitrogen and oxygen atoms in total. The molecule has 0 unspecified atom stereocenters. The monoisotopic (exact) mass is 306 g/mol. The molecule has 0 saturated heterocycles. The third-order valence-corrected chi connectivity index (χ3v) is 2.85. The van der Waals surface area contributed by atoms with Gasteiger partial charge in [0, 0.05) is 17.1 Å². The minimum absolute atomic E-state index is 0.516. The van der Waals surface area contributed by atoms with Gasteiger partial charge in [0.25, 0.3) is 0 Å². The molecule has 94 valence electrons. The van der Waals surface area contributed by atoms with Crippen molar-refractivity contribution in [2.24, 2.45) is 0 Å². The standard InChI is InChI=1S/C14H15BrN2O/c1-2-16-13-7-4-8-14(17-13)18-10-11-5-3-6-12(15)9-11/h3-9H,2,10H2,1H3,(H,16,17). The first-order chi connectivity index (χ1) is 8.78. The van der Waals surface area contributed by atoms with Crippen LogP contribution < -0.4 is 10.1 Å². The van der Waals surface area contributed by atoms with Crippen LogP contribution in [0.3, 0.4) is 0 Å². The fourth-order valence-corrected chi connectivity index (χ4v) is 2.01. The van der Waals surface area contributed by atoms with Crippen LogP contribution in [-0.4, -0.2) is 11.5 Å². The number of rotatable bonds is 5. The van der Waals surface area contributed by atoms with Crippen molar-refractivity contribution >= 4 is 21.7 Å². The van der Waals surface area contributed by atoms with Gasteiger partial charge >= 0.3 is 0 Å². The quantitative estimate of drug-likeness (QED) is 0.911. The summed E-state index contributed by atoms with van der Waals surface area (Å²) >= 11 is 3.44. The van der Waals surface area contributed by atoms with Crippen molar-refractivity contribution in [2.45, 2.75) is 13.5 Å². The molecule has 0 amide bonds. The van der Waals surface area contributed by atoms with Crippen molar-refractivity contribution in [2.75, 3.05) is 11.9 Å². The predicted molar refractivity (Wildman–Crippen MR) is 76.9 cm³/mol. The molecule has 1 heterocycles. The zero-order valence-electron chi connectivity index (χ0n) is 10.2. The second-order valence-corrected chi connectivity index (χ2v) is 4.73. The lowest BCUT2D eigenvalue weighted by molar-refractivity contribution is 0.294. The summed E-state index contributed by atoms with van der Waals surface area (Å²) in [5.41, 5.74) is 1.11. The van der Waals surface area contributed by atoms with Crippen LogP contribution >= 0.6 is 15.9 Å². The van der Waals surface area contributed by atoms with E-state index in [4.69, 9.17) is 4.74 Å². The second kappa shape index (κ2) is 6.40. The molecule has 0 aliphatic rings. The number of halogens is 1. The lowest BCUT2D eigenvalue weighted by Crippen LogP contribution is -2.01. The van der Waals surface area contributed by atoms with Gasteiger partial charge in [0.1, 0.15) is 12.4 Å². The van der Waals surface area contributed by atoms with Gasteiger partial charge in [0.05, 0.1) is 0 Å². The van der Waals surface area contributed by atoms with Crippen LogP contribution in [0.25, 0.3) is 0 Å². The Kier molecular flexibility index (Phi) is 4.59. The average molecular weight is 307 g/mol. The third-order valence-electron chi connectivity index (χ3n) is 2.36. The molecule has 18 heavy (non-hydrogen) atoms. The van der Waals surface area contributed by atoms with Crippen LogP contribution in [-0.2, 0) is 6.61 Å². The molecule has 2 aromatic rings. The maximum Gasteiger partial charge on any atom is 0.215 e. The van der Waals surface area contributed by atoms with Gasteiger partial charge < -0.3 is 10.1 Å². The summed E-state index contributed by atoms with van der Waals surface area (Å²) in [6.45, 7) is 3.40. The van der Waals surface area contributed by atoms with E-state index in [1.807, 2.05) is 49.4 Å². The smallest absolute Gasteiger partial charge is 0.215 e. The maximum atomic E-state index is 5.66. The van der Waals surface area contributed by atoms with E-state index in [-0.39, 0.29) is 0 Å².